The van der Waals surface area contributed by atoms with Gasteiger partial charge in [-0.25, -0.2) is 0 Å². The van der Waals surface area contributed by atoms with Crippen LogP contribution in [0, 0.1) is 0 Å². The van der Waals surface area contributed by atoms with E-state index in [-0.39, 0.29) is 0 Å². The van der Waals surface area contributed by atoms with E-state index >= 15 is 0 Å². The molecule has 0 aliphatic heterocycles. The van der Waals surface area contributed by atoms with E-state index in [0.29, 0.717) is 0 Å². The predicted octanol–water partition coefficient (Wildman–Crippen LogP) is 11.3. The van der Waals surface area contributed by atoms with Gasteiger partial charge in [0, 0.05) is 0 Å². The van der Waals surface area contributed by atoms with Gasteiger partial charge in [0.1, 0.15) is 0 Å². The highest BCUT2D eigenvalue weighted by Gasteiger charge is 2.17. The van der Waals surface area contributed by atoms with E-state index in [2.05, 4.69) is 0 Å². The molecule has 8 rings (SSSR count). The molecule has 0 saturated carbocycles. The zero-order chi connectivity index (χ0) is 48.2. The standard InChI is InChI=1S/C40H26/c1-2-12-31-26-32(25-20-27(31)10-1)40-37-17-7-5-15-35(37)39(36-16-6-8-18-38(36)40)30-23-21-29(22-24-30)34-19-9-13-28-11-3-4-14-33(28)34/h1-26H/i1D,2D,3D,4D,5D,6D,7D,8D,9D,10D,11D,12D,13D,14D,15D,16D,17D,18D,19D,20D,21D,23D,24D,25D,26D. The monoisotopic (exact) mass is 531 g/mol. The molecular weight excluding hydrogens is 480 g/mol. The third kappa shape index (κ3) is 3.61. The number of hydrogen-bond donors (Lipinski definition) is 0. The summed E-state index contributed by atoms with van der Waals surface area (Å²) in [5.41, 5.74) is -3.70. The van der Waals surface area contributed by atoms with Crippen LogP contribution >= 0.6 is 0 Å². The van der Waals surface area contributed by atoms with Crippen molar-refractivity contribution in [1.29, 1.82) is 0 Å². The van der Waals surface area contributed by atoms with Gasteiger partial charge in [-0.2, -0.15) is 0 Å². The van der Waals surface area contributed by atoms with E-state index in [4.69, 9.17) is 21.9 Å². The van der Waals surface area contributed by atoms with Crippen LogP contribution in [0.1, 0.15) is 34.3 Å². The summed E-state index contributed by atoms with van der Waals surface area (Å²) in [6.45, 7) is 0. The van der Waals surface area contributed by atoms with Crippen molar-refractivity contribution in [1.82, 2.24) is 0 Å². The van der Waals surface area contributed by atoms with Crippen molar-refractivity contribution in [3.8, 4) is 33.4 Å². The maximum atomic E-state index is 9.44. The zero-order valence-electron chi connectivity index (χ0n) is 45.1. The molecule has 0 N–H and O–H groups in total. The van der Waals surface area contributed by atoms with Gasteiger partial charge < -0.3 is 0 Å². The molecule has 0 fully saturated rings. The van der Waals surface area contributed by atoms with Crippen molar-refractivity contribution < 1.29 is 34.3 Å². The molecule has 0 heteroatoms. The second kappa shape index (κ2) is 9.22. The Morgan fingerprint density at radius 2 is 0.825 bits per heavy atom. The van der Waals surface area contributed by atoms with Crippen molar-refractivity contribution in [2.45, 2.75) is 0 Å². The smallest absolute Gasteiger partial charge is 0.0616 e. The summed E-state index contributed by atoms with van der Waals surface area (Å²) in [5.74, 6) is 0. The topological polar surface area (TPSA) is 0 Å². The fourth-order valence-corrected chi connectivity index (χ4v) is 4.66. The SMILES string of the molecule is [2H]c1cc(-c2c([2H])c([2H])c([2H])c3c([2H])c([2H])c([2H])c([2H])c23)c([2H])c([2H])c1-c1c2c([2H])c([2H])c([2H])c([2H])c2c(-c2c([2H])c([2H])c3c([2H])c([2H])c([2H])c([2H])c3c2[2H])c2c([2H])c([2H])c([2H])c([2H])c12. The lowest BCUT2D eigenvalue weighted by molar-refractivity contribution is 1.63. The minimum Gasteiger partial charge on any atom is -0.0616 e. The third-order valence-electron chi connectivity index (χ3n) is 6.39. The van der Waals surface area contributed by atoms with Crippen LogP contribution in [0.3, 0.4) is 0 Å². The Kier molecular flexibility index (Phi) is 2.05. The average Bonchev–Trinajstić information content (AvgIpc) is 3.27. The Balaban J connectivity index is 1.66. The van der Waals surface area contributed by atoms with E-state index in [1.165, 1.54) is 0 Å². The van der Waals surface area contributed by atoms with Gasteiger partial charge in [0.15, 0.2) is 0 Å². The van der Waals surface area contributed by atoms with Crippen LogP contribution in [-0.2, 0) is 0 Å². The second-order valence-electron chi connectivity index (χ2n) is 8.58. The molecule has 40 heavy (non-hydrogen) atoms. The summed E-state index contributed by atoms with van der Waals surface area (Å²) in [6, 6.07) is -20.4. The summed E-state index contributed by atoms with van der Waals surface area (Å²) in [6.07, 6.45) is 0. The average molecular weight is 532 g/mol. The first-order valence-corrected chi connectivity index (χ1v) is 11.8. The van der Waals surface area contributed by atoms with Gasteiger partial charge in [-0.3, -0.25) is 0 Å². The summed E-state index contributed by atoms with van der Waals surface area (Å²) >= 11 is 0. The molecular formula is C40H26. The van der Waals surface area contributed by atoms with E-state index in [1.54, 1.807) is 0 Å². The molecule has 0 bridgehead atoms. The van der Waals surface area contributed by atoms with Crippen molar-refractivity contribution in [3.63, 3.8) is 0 Å². The van der Waals surface area contributed by atoms with Gasteiger partial charge in [0.25, 0.3) is 0 Å². The van der Waals surface area contributed by atoms with Crippen LogP contribution in [0.15, 0.2) is 157 Å². The molecule has 0 aliphatic rings. The Hall–Kier alpha value is -5.20. The lowest BCUT2D eigenvalue weighted by Gasteiger charge is -2.18. The fraction of sp³-hybridized carbons (Fsp3) is 0. The molecule has 0 spiro atoms. The summed E-state index contributed by atoms with van der Waals surface area (Å²) < 4.78 is 221. The van der Waals surface area contributed by atoms with Crippen LogP contribution in [0.4, 0.5) is 0 Å². The van der Waals surface area contributed by atoms with Crippen molar-refractivity contribution in [2.75, 3.05) is 0 Å². The minimum atomic E-state index is -0.963. The first-order chi connectivity index (χ1) is 30.3. The van der Waals surface area contributed by atoms with Gasteiger partial charge in [-0.05, 0) is 82.5 Å². The van der Waals surface area contributed by atoms with Crippen molar-refractivity contribution in [3.05, 3.63) is 157 Å². The molecule has 0 heterocycles. The van der Waals surface area contributed by atoms with Crippen molar-refractivity contribution >= 4 is 43.1 Å². The van der Waals surface area contributed by atoms with Crippen LogP contribution in [0.2, 0.25) is 0 Å². The second-order valence-corrected chi connectivity index (χ2v) is 8.58. The van der Waals surface area contributed by atoms with Crippen molar-refractivity contribution in [2.24, 2.45) is 0 Å². The molecule has 0 amide bonds. The quantitative estimate of drug-likeness (QED) is 0.199. The Morgan fingerprint density at radius 1 is 0.325 bits per heavy atom. The highest BCUT2D eigenvalue weighted by Crippen LogP contribution is 2.44. The molecule has 0 atom stereocenters. The molecule has 8 aromatic carbocycles. The van der Waals surface area contributed by atoms with Gasteiger partial charge in [0.2, 0.25) is 0 Å². The first kappa shape index (κ1) is 8.91. The predicted molar refractivity (Wildman–Crippen MR) is 173 cm³/mol. The van der Waals surface area contributed by atoms with E-state index in [1.807, 2.05) is 0 Å². The Labute approximate surface area is 268 Å². The molecule has 0 unspecified atom stereocenters. The molecule has 0 aliphatic carbocycles. The summed E-state index contributed by atoms with van der Waals surface area (Å²) in [4.78, 5) is 0. The molecule has 0 saturated heterocycles. The fourth-order valence-electron chi connectivity index (χ4n) is 4.66. The third-order valence-corrected chi connectivity index (χ3v) is 6.39. The van der Waals surface area contributed by atoms with Gasteiger partial charge >= 0.3 is 0 Å². The van der Waals surface area contributed by atoms with Gasteiger partial charge in [-0.1, -0.05) is 151 Å². The highest BCUT2D eigenvalue weighted by atomic mass is 14.2. The van der Waals surface area contributed by atoms with E-state index < -0.39 is 228 Å². The number of benzene rings is 8. The van der Waals surface area contributed by atoms with E-state index in [9.17, 15) is 12.3 Å². The molecule has 8 aromatic rings. The Bertz CT molecular complexity index is 3510. The number of fused-ring (bicyclic) bond motifs is 4. The number of hydrogen-bond acceptors (Lipinski definition) is 0. The van der Waals surface area contributed by atoms with Crippen LogP contribution in [0.25, 0.3) is 76.5 Å². The zero-order valence-corrected chi connectivity index (χ0v) is 20.1. The van der Waals surface area contributed by atoms with Crippen LogP contribution in [-0.4, -0.2) is 0 Å². The summed E-state index contributed by atoms with van der Waals surface area (Å²) in [7, 11) is 0. The highest BCUT2D eigenvalue weighted by molar-refractivity contribution is 6.21. The maximum Gasteiger partial charge on any atom is 0.0636 e. The van der Waals surface area contributed by atoms with Crippen LogP contribution in [0.5, 0.6) is 0 Å². The molecule has 0 nitrogen and oxygen atoms in total. The first-order valence-electron chi connectivity index (χ1n) is 24.3. The van der Waals surface area contributed by atoms with E-state index in [0.717, 1.165) is 6.07 Å². The van der Waals surface area contributed by atoms with Crippen LogP contribution < -0.4 is 0 Å². The molecule has 0 radical (unpaired) electrons. The molecule has 0 aromatic heterocycles. The van der Waals surface area contributed by atoms with Gasteiger partial charge in [0.05, 0.1) is 34.3 Å². The largest absolute Gasteiger partial charge is 0.0636 e. The lowest BCUT2D eigenvalue weighted by Crippen LogP contribution is -1.91. The normalized spacial score (nSPS) is 20.2. The van der Waals surface area contributed by atoms with Gasteiger partial charge in [-0.15, -0.1) is 0 Å². The lowest BCUT2D eigenvalue weighted by atomic mass is 9.85. The molecule has 186 valence electrons. The minimum absolute atomic E-state index is 0.475. The Morgan fingerprint density at radius 3 is 1.52 bits per heavy atom. The maximum absolute atomic E-state index is 9.44. The number of rotatable bonds is 3. The summed E-state index contributed by atoms with van der Waals surface area (Å²) in [5, 5.41) is -4.70.